The first kappa shape index (κ1) is 9.31. The van der Waals surface area contributed by atoms with Crippen LogP contribution in [0.4, 0.5) is 0 Å². The Hall–Kier alpha value is 0.310. The average Bonchev–Trinajstić information content (AvgIpc) is 1.80. The molecule has 0 N–H and O–H groups in total. The van der Waals surface area contributed by atoms with E-state index in [-0.39, 0.29) is 0 Å². The first-order chi connectivity index (χ1) is 4.27. The molecule has 9 heavy (non-hydrogen) atoms. The van der Waals surface area contributed by atoms with Gasteiger partial charge in [0.1, 0.15) is 0 Å². The van der Waals surface area contributed by atoms with Crippen LogP contribution in [0.5, 0.6) is 0 Å². The molecule has 0 aromatic carbocycles. The van der Waals surface area contributed by atoms with Gasteiger partial charge in [0.2, 0.25) is 0 Å². The molecule has 0 aromatic rings. The maximum Gasteiger partial charge on any atom is 0.00662 e. The Labute approximate surface area is 62.8 Å². The third-order valence-electron chi connectivity index (χ3n) is 1.03. The summed E-state index contributed by atoms with van der Waals surface area (Å²) in [4.78, 5) is 2.22. The Balaban J connectivity index is 2.75. The lowest BCUT2D eigenvalue weighted by Crippen LogP contribution is -2.14. The Morgan fingerprint density at radius 1 is 1.22 bits per heavy atom. The maximum absolute atomic E-state index is 2.22. The van der Waals surface area contributed by atoms with Gasteiger partial charge in [0.05, 0.1) is 0 Å². The molecule has 0 aromatic heterocycles. The van der Waals surface area contributed by atoms with Crippen LogP contribution in [-0.2, 0) is 0 Å². The van der Waals surface area contributed by atoms with E-state index < -0.39 is 0 Å². The Morgan fingerprint density at radius 3 is 2.33 bits per heavy atom. The highest BCUT2D eigenvalue weighted by Gasteiger charge is 1.88. The van der Waals surface area contributed by atoms with Gasteiger partial charge in [-0.25, -0.2) is 0 Å². The molecule has 0 aliphatic rings. The van der Waals surface area contributed by atoms with Gasteiger partial charge >= 0.3 is 0 Å². The Morgan fingerprint density at radius 2 is 1.89 bits per heavy atom. The second kappa shape index (κ2) is 6.43. The molecular formula is C7H17NS. The van der Waals surface area contributed by atoms with E-state index in [4.69, 9.17) is 0 Å². The van der Waals surface area contributed by atoms with Crippen LogP contribution < -0.4 is 0 Å². The van der Waals surface area contributed by atoms with Crippen LogP contribution >= 0.6 is 11.8 Å². The number of rotatable bonds is 5. The quantitative estimate of drug-likeness (QED) is 0.544. The normalized spacial score (nSPS) is 10.7. The van der Waals surface area contributed by atoms with Crippen molar-refractivity contribution in [3.05, 3.63) is 0 Å². The smallest absolute Gasteiger partial charge is 0.00662 e. The van der Waals surface area contributed by atoms with Crippen molar-refractivity contribution in [3.8, 4) is 0 Å². The van der Waals surface area contributed by atoms with Crippen molar-refractivity contribution < 1.29 is 0 Å². The van der Waals surface area contributed by atoms with Crippen LogP contribution in [0.2, 0.25) is 0 Å². The zero-order valence-electron chi connectivity index (χ0n) is 6.68. The molecular weight excluding hydrogens is 130 g/mol. The second-order valence-electron chi connectivity index (χ2n) is 2.42. The fraction of sp³-hybridized carbons (Fsp3) is 1.00. The van der Waals surface area contributed by atoms with Crippen LogP contribution in [0.15, 0.2) is 0 Å². The zero-order chi connectivity index (χ0) is 7.11. The van der Waals surface area contributed by atoms with E-state index in [9.17, 15) is 0 Å². The molecule has 0 aliphatic carbocycles. The summed E-state index contributed by atoms with van der Waals surface area (Å²) in [6.07, 6.45) is 1.30. The van der Waals surface area contributed by atoms with Crippen molar-refractivity contribution in [2.75, 3.05) is 32.1 Å². The van der Waals surface area contributed by atoms with Gasteiger partial charge in [0, 0.05) is 12.3 Å². The number of thioether (sulfide) groups is 1. The van der Waals surface area contributed by atoms with Gasteiger partial charge in [-0.2, -0.15) is 11.8 Å². The molecule has 0 atom stereocenters. The van der Waals surface area contributed by atoms with Gasteiger partial charge in [0.15, 0.2) is 0 Å². The van der Waals surface area contributed by atoms with E-state index in [2.05, 4.69) is 25.9 Å². The van der Waals surface area contributed by atoms with Crippen LogP contribution in [0.3, 0.4) is 0 Å². The predicted octanol–water partition coefficient (Wildman–Crippen LogP) is 1.69. The molecule has 0 aliphatic heterocycles. The van der Waals surface area contributed by atoms with Gasteiger partial charge in [-0.3, -0.25) is 0 Å². The molecule has 0 saturated heterocycles. The van der Waals surface area contributed by atoms with Gasteiger partial charge in [-0.1, -0.05) is 6.92 Å². The minimum absolute atomic E-state index is 1.21. The van der Waals surface area contributed by atoms with E-state index >= 15 is 0 Å². The van der Waals surface area contributed by atoms with Gasteiger partial charge in [-0.05, 0) is 26.3 Å². The molecule has 0 rings (SSSR count). The fourth-order valence-corrected chi connectivity index (χ4v) is 1.48. The molecule has 1 nitrogen and oxygen atoms in total. The predicted molar refractivity (Wildman–Crippen MR) is 46.2 cm³/mol. The highest BCUT2D eigenvalue weighted by atomic mass is 32.2. The summed E-state index contributed by atoms with van der Waals surface area (Å²) >= 11 is 2.04. The molecule has 0 heterocycles. The van der Waals surface area contributed by atoms with Gasteiger partial charge in [0.25, 0.3) is 0 Å². The molecule has 0 saturated carbocycles. The van der Waals surface area contributed by atoms with Gasteiger partial charge in [-0.15, -0.1) is 0 Å². The lowest BCUT2D eigenvalue weighted by molar-refractivity contribution is 0.437. The van der Waals surface area contributed by atoms with Crippen molar-refractivity contribution in [2.45, 2.75) is 13.3 Å². The van der Waals surface area contributed by atoms with E-state index in [0.717, 1.165) is 0 Å². The highest BCUT2D eigenvalue weighted by Crippen LogP contribution is 2.00. The first-order valence-corrected chi connectivity index (χ1v) is 4.65. The average molecular weight is 147 g/mol. The van der Waals surface area contributed by atoms with Gasteiger partial charge < -0.3 is 4.90 Å². The lowest BCUT2D eigenvalue weighted by Gasteiger charge is -2.07. The molecule has 0 spiro atoms. The van der Waals surface area contributed by atoms with Crippen LogP contribution in [-0.4, -0.2) is 37.0 Å². The monoisotopic (exact) mass is 147 g/mol. The van der Waals surface area contributed by atoms with E-state index in [0.29, 0.717) is 0 Å². The van der Waals surface area contributed by atoms with Crippen molar-refractivity contribution in [1.82, 2.24) is 4.90 Å². The topological polar surface area (TPSA) is 3.24 Å². The standard InChI is InChI=1S/C7H17NS/c1-4-6-9-7-5-8(2)3/h4-7H2,1-3H3. The van der Waals surface area contributed by atoms with Crippen molar-refractivity contribution in [2.24, 2.45) is 0 Å². The van der Waals surface area contributed by atoms with E-state index in [1.807, 2.05) is 11.8 Å². The molecule has 0 radical (unpaired) electrons. The van der Waals surface area contributed by atoms with Crippen molar-refractivity contribution in [3.63, 3.8) is 0 Å². The number of hydrogen-bond donors (Lipinski definition) is 0. The highest BCUT2D eigenvalue weighted by molar-refractivity contribution is 7.99. The summed E-state index contributed by atoms with van der Waals surface area (Å²) in [7, 11) is 4.24. The molecule has 2 heteroatoms. The lowest BCUT2D eigenvalue weighted by atomic mass is 10.6. The van der Waals surface area contributed by atoms with Crippen LogP contribution in [0, 0.1) is 0 Å². The van der Waals surface area contributed by atoms with Crippen molar-refractivity contribution in [1.29, 1.82) is 0 Å². The fourth-order valence-electron chi connectivity index (χ4n) is 0.494. The summed E-state index contributed by atoms with van der Waals surface area (Å²) < 4.78 is 0. The van der Waals surface area contributed by atoms with Crippen LogP contribution in [0.1, 0.15) is 13.3 Å². The molecule has 0 bridgehead atoms. The van der Waals surface area contributed by atoms with E-state index in [1.165, 1.54) is 24.5 Å². The minimum atomic E-state index is 1.21. The largest absolute Gasteiger partial charge is 0.309 e. The van der Waals surface area contributed by atoms with Crippen molar-refractivity contribution >= 4 is 11.8 Å². The molecule has 0 fully saturated rings. The Kier molecular flexibility index (Phi) is 6.65. The molecule has 0 amide bonds. The minimum Gasteiger partial charge on any atom is -0.309 e. The third-order valence-corrected chi connectivity index (χ3v) is 2.20. The zero-order valence-corrected chi connectivity index (χ0v) is 7.50. The Bertz CT molecular complexity index is 54.9. The third kappa shape index (κ3) is 8.31. The second-order valence-corrected chi connectivity index (χ2v) is 3.64. The summed E-state index contributed by atoms with van der Waals surface area (Å²) in [5, 5.41) is 0. The van der Waals surface area contributed by atoms with E-state index in [1.54, 1.807) is 0 Å². The van der Waals surface area contributed by atoms with Crippen LogP contribution in [0.25, 0.3) is 0 Å². The SMILES string of the molecule is CCCSCCN(C)C. The summed E-state index contributed by atoms with van der Waals surface area (Å²) in [5.41, 5.74) is 0. The summed E-state index contributed by atoms with van der Waals surface area (Å²) in [6.45, 7) is 3.44. The molecule has 0 unspecified atom stereocenters. The number of nitrogens with zero attached hydrogens (tertiary/aromatic N) is 1. The summed E-state index contributed by atoms with van der Waals surface area (Å²) in [5.74, 6) is 2.59. The number of hydrogen-bond acceptors (Lipinski definition) is 2. The maximum atomic E-state index is 2.22. The molecule has 56 valence electrons. The summed E-state index contributed by atoms with van der Waals surface area (Å²) in [6, 6.07) is 0. The first-order valence-electron chi connectivity index (χ1n) is 3.50.